The maximum Gasteiger partial charge on any atom is 0.335 e. The van der Waals surface area contributed by atoms with Crippen molar-refractivity contribution in [2.24, 2.45) is 0 Å². The topological polar surface area (TPSA) is 74.7 Å². The Hall–Kier alpha value is -1.69. The molecule has 0 saturated heterocycles. The highest BCUT2D eigenvalue weighted by Gasteiger charge is 2.18. The summed E-state index contributed by atoms with van der Waals surface area (Å²) in [5, 5.41) is 9.04. The fourth-order valence-corrected chi connectivity index (χ4v) is 2.62. The summed E-state index contributed by atoms with van der Waals surface area (Å²) in [6.07, 6.45) is 0. The Morgan fingerprint density at radius 3 is 2.45 bits per heavy atom. The molecule has 1 amide bonds. The summed E-state index contributed by atoms with van der Waals surface area (Å²) in [5.41, 5.74) is 0.712. The lowest BCUT2D eigenvalue weighted by Crippen LogP contribution is -2.36. The lowest BCUT2D eigenvalue weighted by molar-refractivity contribution is -0.128. The second kappa shape index (κ2) is 6.65. The van der Waals surface area contributed by atoms with Gasteiger partial charge in [-0.3, -0.25) is 9.00 Å². The van der Waals surface area contributed by atoms with Gasteiger partial charge in [0.1, 0.15) is 5.75 Å². The van der Waals surface area contributed by atoms with E-state index in [2.05, 4.69) is 0 Å². The molecule has 5 nitrogen and oxygen atoms in total. The molecular formula is C14H19NO4S. The number of hydrogen-bond donors (Lipinski definition) is 1. The molecule has 0 heterocycles. The molecule has 1 aromatic rings. The SMILES string of the molecule is Cc1ccc(S(=O)CC(=O)N(C)C(C)C)cc1C(=O)O. The second-order valence-corrected chi connectivity index (χ2v) is 6.32. The summed E-state index contributed by atoms with van der Waals surface area (Å²) in [6.45, 7) is 5.41. The Labute approximate surface area is 121 Å². The van der Waals surface area contributed by atoms with Crippen molar-refractivity contribution in [3.8, 4) is 0 Å². The number of carbonyl (C=O) groups is 2. The fourth-order valence-electron chi connectivity index (χ4n) is 1.56. The van der Waals surface area contributed by atoms with Crippen molar-refractivity contribution in [1.82, 2.24) is 4.90 Å². The monoisotopic (exact) mass is 297 g/mol. The molecule has 1 rings (SSSR count). The Morgan fingerprint density at radius 2 is 1.95 bits per heavy atom. The standard InChI is InChI=1S/C14H19NO4S/c1-9(2)15(4)13(16)8-20(19)11-6-5-10(3)12(7-11)14(17)18/h5-7,9H,8H2,1-4H3,(H,17,18). The number of benzene rings is 1. The molecule has 0 radical (unpaired) electrons. The molecule has 6 heteroatoms. The number of amides is 1. The molecule has 0 bridgehead atoms. The number of carboxylic acid groups (broad SMARTS) is 1. The molecule has 110 valence electrons. The van der Waals surface area contributed by atoms with E-state index in [-0.39, 0.29) is 23.3 Å². The minimum atomic E-state index is -1.54. The highest BCUT2D eigenvalue weighted by atomic mass is 32.2. The zero-order chi connectivity index (χ0) is 15.4. The normalized spacial score (nSPS) is 12.2. The van der Waals surface area contributed by atoms with E-state index < -0.39 is 16.8 Å². The van der Waals surface area contributed by atoms with Crippen LogP contribution in [-0.4, -0.2) is 44.9 Å². The van der Waals surface area contributed by atoms with E-state index in [0.717, 1.165) is 0 Å². The number of hydrogen-bond acceptors (Lipinski definition) is 3. The molecule has 1 aromatic carbocycles. The van der Waals surface area contributed by atoms with Crippen molar-refractivity contribution in [3.05, 3.63) is 29.3 Å². The molecule has 1 N–H and O–H groups in total. The third kappa shape index (κ3) is 3.90. The van der Waals surface area contributed by atoms with Gasteiger partial charge >= 0.3 is 5.97 Å². The first-order chi connectivity index (χ1) is 9.23. The smallest absolute Gasteiger partial charge is 0.335 e. The van der Waals surface area contributed by atoms with Gasteiger partial charge < -0.3 is 10.0 Å². The van der Waals surface area contributed by atoms with E-state index in [1.165, 1.54) is 11.0 Å². The van der Waals surface area contributed by atoms with Crippen molar-refractivity contribution in [3.63, 3.8) is 0 Å². The maximum atomic E-state index is 12.1. The first-order valence-electron chi connectivity index (χ1n) is 6.22. The van der Waals surface area contributed by atoms with E-state index in [0.29, 0.717) is 10.5 Å². The summed E-state index contributed by atoms with van der Waals surface area (Å²) in [6, 6.07) is 4.61. The fraction of sp³-hybridized carbons (Fsp3) is 0.429. The van der Waals surface area contributed by atoms with Crippen LogP contribution in [-0.2, 0) is 15.6 Å². The van der Waals surface area contributed by atoms with Crippen molar-refractivity contribution < 1.29 is 18.9 Å². The average molecular weight is 297 g/mol. The number of carbonyl (C=O) groups excluding carboxylic acids is 1. The van der Waals surface area contributed by atoms with Crippen LogP contribution in [0, 0.1) is 6.92 Å². The zero-order valence-corrected chi connectivity index (χ0v) is 12.9. The minimum Gasteiger partial charge on any atom is -0.478 e. The summed E-state index contributed by atoms with van der Waals surface area (Å²) in [5.74, 6) is -1.43. The van der Waals surface area contributed by atoms with Gasteiger partial charge in [0.25, 0.3) is 0 Å². The zero-order valence-electron chi connectivity index (χ0n) is 12.0. The molecule has 1 atom stereocenters. The van der Waals surface area contributed by atoms with Crippen LogP contribution < -0.4 is 0 Å². The number of carboxylic acids is 1. The first kappa shape index (κ1) is 16.4. The molecule has 0 fully saturated rings. The Kier molecular flexibility index (Phi) is 5.44. The Morgan fingerprint density at radius 1 is 1.35 bits per heavy atom. The lowest BCUT2D eigenvalue weighted by atomic mass is 10.1. The Bertz CT molecular complexity index is 554. The summed E-state index contributed by atoms with van der Waals surface area (Å²) in [4.78, 5) is 24.8. The van der Waals surface area contributed by atoms with Crippen molar-refractivity contribution >= 4 is 22.7 Å². The molecule has 0 spiro atoms. The number of rotatable bonds is 5. The number of aromatic carboxylic acids is 1. The number of aryl methyl sites for hydroxylation is 1. The van der Waals surface area contributed by atoms with Crippen LogP contribution in [0.5, 0.6) is 0 Å². The lowest BCUT2D eigenvalue weighted by Gasteiger charge is -2.21. The van der Waals surface area contributed by atoms with Crippen molar-refractivity contribution in [2.45, 2.75) is 31.7 Å². The van der Waals surface area contributed by atoms with E-state index in [9.17, 15) is 13.8 Å². The highest BCUT2D eigenvalue weighted by molar-refractivity contribution is 7.85. The van der Waals surface area contributed by atoms with Crippen LogP contribution >= 0.6 is 0 Å². The van der Waals surface area contributed by atoms with Crippen LogP contribution in [0.4, 0.5) is 0 Å². The van der Waals surface area contributed by atoms with Gasteiger partial charge in [-0.05, 0) is 38.5 Å². The predicted octanol–water partition coefficient (Wildman–Crippen LogP) is 1.67. The van der Waals surface area contributed by atoms with Gasteiger partial charge in [-0.25, -0.2) is 4.79 Å². The van der Waals surface area contributed by atoms with E-state index in [1.54, 1.807) is 26.1 Å². The molecule has 0 aliphatic heterocycles. The summed E-state index contributed by atoms with van der Waals surface area (Å²) in [7, 11) is 0.115. The van der Waals surface area contributed by atoms with E-state index in [4.69, 9.17) is 5.11 Å². The van der Waals surface area contributed by atoms with Gasteiger partial charge in [0.05, 0.1) is 16.4 Å². The van der Waals surface area contributed by atoms with E-state index in [1.807, 2.05) is 13.8 Å². The van der Waals surface area contributed by atoms with Crippen LogP contribution in [0.25, 0.3) is 0 Å². The second-order valence-electron chi connectivity index (χ2n) is 4.87. The summed E-state index contributed by atoms with van der Waals surface area (Å²) < 4.78 is 12.1. The van der Waals surface area contributed by atoms with Gasteiger partial charge in [0, 0.05) is 18.0 Å². The first-order valence-corrected chi connectivity index (χ1v) is 7.54. The highest BCUT2D eigenvalue weighted by Crippen LogP contribution is 2.15. The van der Waals surface area contributed by atoms with Crippen LogP contribution in [0.2, 0.25) is 0 Å². The third-order valence-corrected chi connectivity index (χ3v) is 4.41. The van der Waals surface area contributed by atoms with Crippen LogP contribution in [0.15, 0.2) is 23.1 Å². The summed E-state index contributed by atoms with van der Waals surface area (Å²) >= 11 is 0. The van der Waals surface area contributed by atoms with Crippen LogP contribution in [0.3, 0.4) is 0 Å². The molecular weight excluding hydrogens is 278 g/mol. The molecule has 20 heavy (non-hydrogen) atoms. The van der Waals surface area contributed by atoms with Crippen molar-refractivity contribution in [1.29, 1.82) is 0 Å². The Balaban J connectivity index is 2.91. The number of nitrogens with zero attached hydrogens (tertiary/aromatic N) is 1. The minimum absolute atomic E-state index is 0.0344. The predicted molar refractivity (Wildman–Crippen MR) is 77.3 cm³/mol. The quantitative estimate of drug-likeness (QED) is 0.897. The molecule has 0 saturated carbocycles. The van der Waals surface area contributed by atoms with Crippen LogP contribution in [0.1, 0.15) is 29.8 Å². The molecule has 0 aliphatic carbocycles. The average Bonchev–Trinajstić information content (AvgIpc) is 2.37. The molecule has 1 unspecified atom stereocenters. The maximum absolute atomic E-state index is 12.1. The largest absolute Gasteiger partial charge is 0.478 e. The van der Waals surface area contributed by atoms with Gasteiger partial charge in [-0.2, -0.15) is 0 Å². The van der Waals surface area contributed by atoms with Crippen molar-refractivity contribution in [2.75, 3.05) is 12.8 Å². The van der Waals surface area contributed by atoms with Gasteiger partial charge in [0.2, 0.25) is 5.91 Å². The van der Waals surface area contributed by atoms with E-state index >= 15 is 0 Å². The molecule has 0 aromatic heterocycles. The van der Waals surface area contributed by atoms with Gasteiger partial charge in [-0.15, -0.1) is 0 Å². The third-order valence-electron chi connectivity index (χ3n) is 3.12. The molecule has 0 aliphatic rings. The van der Waals surface area contributed by atoms with Gasteiger partial charge in [0.15, 0.2) is 0 Å². The van der Waals surface area contributed by atoms with Gasteiger partial charge in [-0.1, -0.05) is 6.07 Å².